The van der Waals surface area contributed by atoms with Gasteiger partial charge in [-0.25, -0.2) is 4.98 Å². The molecule has 7 nitrogen and oxygen atoms in total. The number of hydrogen-bond acceptors (Lipinski definition) is 6. The van der Waals surface area contributed by atoms with Crippen molar-refractivity contribution >= 4 is 11.6 Å². The normalized spacial score (nSPS) is 9.61. The van der Waals surface area contributed by atoms with Crippen molar-refractivity contribution in [1.82, 2.24) is 9.97 Å². The third-order valence-electron chi connectivity index (χ3n) is 2.03. The Balaban J connectivity index is 3.11. The fourth-order valence-corrected chi connectivity index (χ4v) is 1.28. The molecule has 0 amide bonds. The number of ether oxygens (including phenoxy) is 1. The van der Waals surface area contributed by atoms with E-state index < -0.39 is 4.92 Å². The first-order valence-corrected chi connectivity index (χ1v) is 5.43. The van der Waals surface area contributed by atoms with Crippen LogP contribution in [0.25, 0.3) is 0 Å². The minimum absolute atomic E-state index is 0.0789. The maximum Gasteiger partial charge on any atom is 0.352 e. The van der Waals surface area contributed by atoms with E-state index in [-0.39, 0.29) is 23.9 Å². The smallest absolute Gasteiger partial charge is 0.352 e. The Morgan fingerprint density at radius 3 is 2.83 bits per heavy atom. The highest BCUT2D eigenvalue weighted by Crippen LogP contribution is 2.28. The molecule has 0 aliphatic carbocycles. The van der Waals surface area contributed by atoms with Gasteiger partial charge in [0.05, 0.1) is 4.92 Å². The fourth-order valence-electron chi connectivity index (χ4n) is 1.28. The van der Waals surface area contributed by atoms with Gasteiger partial charge in [0.25, 0.3) is 5.88 Å². The topological polar surface area (TPSA) is 90.2 Å². The quantitative estimate of drug-likeness (QED) is 0.467. The number of hydrogen-bond donors (Lipinski definition) is 1. The molecule has 7 heteroatoms. The Morgan fingerprint density at radius 2 is 2.28 bits per heavy atom. The molecule has 0 unspecified atom stereocenters. The Bertz CT molecular complexity index is 482. The van der Waals surface area contributed by atoms with Crippen LogP contribution in [0.3, 0.4) is 0 Å². The van der Waals surface area contributed by atoms with E-state index in [0.717, 1.165) is 6.42 Å². The van der Waals surface area contributed by atoms with Crippen molar-refractivity contribution < 1.29 is 9.66 Å². The summed E-state index contributed by atoms with van der Waals surface area (Å²) < 4.78 is 5.08. The Labute approximate surface area is 105 Å². The molecule has 1 aromatic rings. The van der Waals surface area contributed by atoms with Crippen molar-refractivity contribution in [2.75, 3.05) is 18.5 Å². The number of anilines is 1. The van der Waals surface area contributed by atoms with Crippen LogP contribution in [0, 0.1) is 29.4 Å². The maximum absolute atomic E-state index is 10.9. The predicted octanol–water partition coefficient (Wildman–Crippen LogP) is 1.53. The molecular weight excluding hydrogens is 236 g/mol. The number of rotatable bonds is 6. The standard InChI is InChI=1S/C11H14N4O3/c1-4-6-12-11-13-8(3)9(15(16)17)10(14-11)18-7-5-2/h2H,4,6-7H2,1,3H3,(H,12,13,14). The van der Waals surface area contributed by atoms with Crippen LogP contribution < -0.4 is 10.1 Å². The predicted molar refractivity (Wildman–Crippen MR) is 66.5 cm³/mol. The molecule has 0 saturated carbocycles. The van der Waals surface area contributed by atoms with Crippen molar-refractivity contribution in [3.05, 3.63) is 15.8 Å². The van der Waals surface area contributed by atoms with E-state index in [0.29, 0.717) is 12.5 Å². The van der Waals surface area contributed by atoms with Gasteiger partial charge >= 0.3 is 5.69 Å². The molecule has 0 bridgehead atoms. The lowest BCUT2D eigenvalue weighted by atomic mass is 10.3. The summed E-state index contributed by atoms with van der Waals surface area (Å²) in [4.78, 5) is 18.3. The summed E-state index contributed by atoms with van der Waals surface area (Å²) in [7, 11) is 0. The highest BCUT2D eigenvalue weighted by atomic mass is 16.6. The molecule has 0 aromatic carbocycles. The first-order chi connectivity index (χ1) is 8.60. The lowest BCUT2D eigenvalue weighted by Gasteiger charge is -2.08. The van der Waals surface area contributed by atoms with Crippen LogP contribution >= 0.6 is 0 Å². The molecule has 1 rings (SSSR count). The summed E-state index contributed by atoms with van der Waals surface area (Å²) in [6.07, 6.45) is 5.94. The van der Waals surface area contributed by atoms with E-state index in [1.807, 2.05) is 6.92 Å². The van der Waals surface area contributed by atoms with Gasteiger partial charge in [-0.1, -0.05) is 12.8 Å². The highest BCUT2D eigenvalue weighted by molar-refractivity contribution is 5.48. The molecule has 0 aliphatic rings. The van der Waals surface area contributed by atoms with Gasteiger partial charge in [-0.05, 0) is 13.3 Å². The van der Waals surface area contributed by atoms with E-state index in [2.05, 4.69) is 21.2 Å². The molecule has 0 atom stereocenters. The first-order valence-electron chi connectivity index (χ1n) is 5.43. The van der Waals surface area contributed by atoms with Crippen molar-refractivity contribution in [2.24, 2.45) is 0 Å². The zero-order valence-electron chi connectivity index (χ0n) is 10.3. The number of terminal acetylenes is 1. The van der Waals surface area contributed by atoms with E-state index in [1.54, 1.807) is 0 Å². The third kappa shape index (κ3) is 3.31. The van der Waals surface area contributed by atoms with Gasteiger partial charge in [-0.3, -0.25) is 10.1 Å². The van der Waals surface area contributed by atoms with Crippen LogP contribution in [0.4, 0.5) is 11.6 Å². The number of nitrogens with one attached hydrogen (secondary N) is 1. The number of nitro groups is 1. The molecule has 0 aliphatic heterocycles. The molecule has 0 fully saturated rings. The zero-order chi connectivity index (χ0) is 13.5. The summed E-state index contributed by atoms with van der Waals surface area (Å²) in [6, 6.07) is 0. The molecule has 0 radical (unpaired) electrons. The molecule has 0 spiro atoms. The summed E-state index contributed by atoms with van der Waals surface area (Å²) in [6.45, 7) is 4.11. The second kappa shape index (κ2) is 6.39. The summed E-state index contributed by atoms with van der Waals surface area (Å²) in [5.41, 5.74) is -0.0204. The largest absolute Gasteiger partial charge is 0.459 e. The molecule has 96 valence electrons. The molecule has 18 heavy (non-hydrogen) atoms. The number of nitrogens with zero attached hydrogens (tertiary/aromatic N) is 3. The number of aryl methyl sites for hydroxylation is 1. The van der Waals surface area contributed by atoms with E-state index in [1.165, 1.54) is 6.92 Å². The highest BCUT2D eigenvalue weighted by Gasteiger charge is 2.23. The average Bonchev–Trinajstić information content (AvgIpc) is 2.32. The van der Waals surface area contributed by atoms with Crippen LogP contribution in [0.5, 0.6) is 5.88 Å². The average molecular weight is 250 g/mol. The van der Waals surface area contributed by atoms with Crippen LogP contribution in [-0.2, 0) is 0 Å². The van der Waals surface area contributed by atoms with E-state index in [9.17, 15) is 10.1 Å². The molecule has 1 heterocycles. The lowest BCUT2D eigenvalue weighted by Crippen LogP contribution is -2.10. The minimum atomic E-state index is -0.579. The first kappa shape index (κ1) is 13.7. The Morgan fingerprint density at radius 1 is 1.56 bits per heavy atom. The molecule has 0 saturated heterocycles. The van der Waals surface area contributed by atoms with Crippen LogP contribution in [-0.4, -0.2) is 28.0 Å². The van der Waals surface area contributed by atoms with E-state index in [4.69, 9.17) is 11.2 Å². The van der Waals surface area contributed by atoms with Gasteiger partial charge in [0.2, 0.25) is 5.95 Å². The van der Waals surface area contributed by atoms with Crippen molar-refractivity contribution in [3.8, 4) is 18.2 Å². The lowest BCUT2D eigenvalue weighted by molar-refractivity contribution is -0.387. The Kier molecular flexibility index (Phi) is 4.87. The van der Waals surface area contributed by atoms with Gasteiger partial charge in [0.1, 0.15) is 5.69 Å². The summed E-state index contributed by atoms with van der Waals surface area (Å²) in [5, 5.41) is 13.8. The second-order valence-electron chi connectivity index (χ2n) is 3.46. The van der Waals surface area contributed by atoms with E-state index >= 15 is 0 Å². The van der Waals surface area contributed by atoms with Gasteiger partial charge in [0.15, 0.2) is 6.61 Å². The van der Waals surface area contributed by atoms with Crippen molar-refractivity contribution in [3.63, 3.8) is 0 Å². The SMILES string of the molecule is C#CCOc1nc(NCCC)nc(C)c1[N+](=O)[O-]. The zero-order valence-corrected chi connectivity index (χ0v) is 10.3. The maximum atomic E-state index is 10.9. The number of aromatic nitrogens is 2. The van der Waals surface area contributed by atoms with Gasteiger partial charge in [-0.15, -0.1) is 6.42 Å². The fraction of sp³-hybridized carbons (Fsp3) is 0.455. The third-order valence-corrected chi connectivity index (χ3v) is 2.03. The van der Waals surface area contributed by atoms with Crippen LogP contribution in [0.2, 0.25) is 0 Å². The monoisotopic (exact) mass is 250 g/mol. The van der Waals surface area contributed by atoms with Gasteiger partial charge < -0.3 is 10.1 Å². The van der Waals surface area contributed by atoms with Crippen molar-refractivity contribution in [2.45, 2.75) is 20.3 Å². The van der Waals surface area contributed by atoms with Gasteiger partial charge in [-0.2, -0.15) is 4.98 Å². The van der Waals surface area contributed by atoms with Crippen LogP contribution in [0.15, 0.2) is 0 Å². The van der Waals surface area contributed by atoms with Crippen LogP contribution in [0.1, 0.15) is 19.0 Å². The summed E-state index contributed by atoms with van der Waals surface area (Å²) >= 11 is 0. The van der Waals surface area contributed by atoms with Gasteiger partial charge in [0, 0.05) is 6.54 Å². The minimum Gasteiger partial charge on any atom is -0.459 e. The molecular formula is C11H14N4O3. The molecule has 1 aromatic heterocycles. The Hall–Kier alpha value is -2.36. The molecule has 1 N–H and O–H groups in total. The summed E-state index contributed by atoms with van der Waals surface area (Å²) in [5.74, 6) is 2.43. The van der Waals surface area contributed by atoms with Crippen molar-refractivity contribution in [1.29, 1.82) is 0 Å². The second-order valence-corrected chi connectivity index (χ2v) is 3.46.